The molecule has 1 saturated heterocycles. The van der Waals surface area contributed by atoms with E-state index in [4.69, 9.17) is 9.47 Å². The molecule has 2 aliphatic rings. The fourth-order valence-electron chi connectivity index (χ4n) is 3.49. The van der Waals surface area contributed by atoms with Crippen molar-refractivity contribution in [3.8, 4) is 5.75 Å². The van der Waals surface area contributed by atoms with Crippen LogP contribution in [-0.4, -0.2) is 74.5 Å². The Hall–Kier alpha value is -2.45. The number of rotatable bonds is 8. The van der Waals surface area contributed by atoms with E-state index in [-0.39, 0.29) is 24.1 Å². The molecule has 3 rings (SSSR count). The number of anilines is 1. The van der Waals surface area contributed by atoms with Crippen LogP contribution in [0.15, 0.2) is 18.2 Å². The van der Waals surface area contributed by atoms with Crippen molar-refractivity contribution in [3.05, 3.63) is 23.8 Å². The van der Waals surface area contributed by atoms with Crippen LogP contribution in [0.4, 0.5) is 5.69 Å². The van der Waals surface area contributed by atoms with E-state index in [9.17, 15) is 14.4 Å². The molecule has 29 heavy (non-hydrogen) atoms. The van der Waals surface area contributed by atoms with E-state index < -0.39 is 6.10 Å². The van der Waals surface area contributed by atoms with E-state index in [2.05, 4.69) is 10.2 Å². The molecule has 158 valence electrons. The lowest BCUT2D eigenvalue weighted by molar-refractivity contribution is -0.128. The van der Waals surface area contributed by atoms with E-state index >= 15 is 0 Å². The van der Waals surface area contributed by atoms with Crippen LogP contribution in [0.3, 0.4) is 0 Å². The largest absolute Gasteiger partial charge is 0.479 e. The second kappa shape index (κ2) is 9.84. The normalized spacial score (nSPS) is 19.4. The average Bonchev–Trinajstić information content (AvgIpc) is 2.72. The number of Topliss-reactive ketones (excluding diaryl/α,β-unsaturated/α-hetero) is 1. The molecule has 0 aliphatic carbocycles. The molecule has 2 amide bonds. The number of carbonyl (C=O) groups is 3. The van der Waals surface area contributed by atoms with Crippen LogP contribution >= 0.6 is 0 Å². The lowest BCUT2D eigenvalue weighted by Crippen LogP contribution is -2.49. The molecule has 1 N–H and O–H groups in total. The van der Waals surface area contributed by atoms with Gasteiger partial charge in [0, 0.05) is 38.2 Å². The minimum Gasteiger partial charge on any atom is -0.479 e. The molecule has 8 heteroatoms. The van der Waals surface area contributed by atoms with E-state index in [0.29, 0.717) is 43.2 Å². The van der Waals surface area contributed by atoms with Gasteiger partial charge in [-0.3, -0.25) is 24.2 Å². The molecular weight excluding hydrogens is 374 g/mol. The Balaban J connectivity index is 1.65. The summed E-state index contributed by atoms with van der Waals surface area (Å²) in [6.45, 7) is 7.89. The zero-order valence-electron chi connectivity index (χ0n) is 17.1. The Labute approximate surface area is 171 Å². The van der Waals surface area contributed by atoms with Crippen molar-refractivity contribution in [3.63, 3.8) is 0 Å². The quantitative estimate of drug-likeness (QED) is 0.657. The van der Waals surface area contributed by atoms with Crippen molar-refractivity contribution in [2.75, 3.05) is 50.8 Å². The first-order valence-corrected chi connectivity index (χ1v) is 10.2. The number of hydrogen-bond acceptors (Lipinski definition) is 6. The molecule has 1 unspecified atom stereocenters. The van der Waals surface area contributed by atoms with Crippen molar-refractivity contribution in [2.24, 2.45) is 0 Å². The highest BCUT2D eigenvalue weighted by molar-refractivity contribution is 6.05. The SMILES string of the molecule is CCCC(=O)c1ccc2c(c1)N(CC(=O)NCCN1CCOCC1)C(=O)C(C)O2. The van der Waals surface area contributed by atoms with Gasteiger partial charge in [-0.25, -0.2) is 0 Å². The summed E-state index contributed by atoms with van der Waals surface area (Å²) in [5.41, 5.74) is 0.993. The van der Waals surface area contributed by atoms with Crippen molar-refractivity contribution < 1.29 is 23.9 Å². The van der Waals surface area contributed by atoms with Crippen LogP contribution in [0.25, 0.3) is 0 Å². The van der Waals surface area contributed by atoms with Gasteiger partial charge in [-0.15, -0.1) is 0 Å². The third-order valence-electron chi connectivity index (χ3n) is 5.12. The molecule has 2 aliphatic heterocycles. The predicted molar refractivity (Wildman–Crippen MR) is 108 cm³/mol. The number of ketones is 1. The first-order valence-electron chi connectivity index (χ1n) is 10.2. The summed E-state index contributed by atoms with van der Waals surface area (Å²) >= 11 is 0. The molecule has 0 aromatic heterocycles. The second-order valence-electron chi connectivity index (χ2n) is 7.34. The number of nitrogens with zero attached hydrogens (tertiary/aromatic N) is 2. The lowest BCUT2D eigenvalue weighted by Gasteiger charge is -2.33. The predicted octanol–water partition coefficient (Wildman–Crippen LogP) is 1.23. The fourth-order valence-corrected chi connectivity index (χ4v) is 3.49. The van der Waals surface area contributed by atoms with E-state index in [1.807, 2.05) is 6.92 Å². The summed E-state index contributed by atoms with van der Waals surface area (Å²) < 4.78 is 11.0. The third kappa shape index (κ3) is 5.33. The highest BCUT2D eigenvalue weighted by Gasteiger charge is 2.33. The summed E-state index contributed by atoms with van der Waals surface area (Å²) in [5, 5.41) is 2.88. The number of ether oxygens (including phenoxy) is 2. The number of nitrogens with one attached hydrogen (secondary N) is 1. The summed E-state index contributed by atoms with van der Waals surface area (Å²) in [6, 6.07) is 5.06. The number of fused-ring (bicyclic) bond motifs is 1. The van der Waals surface area contributed by atoms with E-state index in [0.717, 1.165) is 26.1 Å². The first-order chi connectivity index (χ1) is 14.0. The van der Waals surface area contributed by atoms with Crippen LogP contribution in [-0.2, 0) is 14.3 Å². The fraction of sp³-hybridized carbons (Fsp3) is 0.571. The molecule has 1 aromatic carbocycles. The van der Waals surface area contributed by atoms with Gasteiger partial charge in [0.15, 0.2) is 11.9 Å². The summed E-state index contributed by atoms with van der Waals surface area (Å²) in [6.07, 6.45) is 0.504. The lowest BCUT2D eigenvalue weighted by atomic mass is 10.0. The monoisotopic (exact) mass is 403 g/mol. The molecule has 0 saturated carbocycles. The second-order valence-corrected chi connectivity index (χ2v) is 7.34. The number of carbonyl (C=O) groups excluding carboxylic acids is 3. The molecule has 1 atom stereocenters. The maximum absolute atomic E-state index is 12.7. The number of amides is 2. The zero-order chi connectivity index (χ0) is 20.8. The molecule has 1 fully saturated rings. The van der Waals surface area contributed by atoms with Crippen molar-refractivity contribution in [2.45, 2.75) is 32.8 Å². The zero-order valence-corrected chi connectivity index (χ0v) is 17.1. The molecule has 2 heterocycles. The summed E-state index contributed by atoms with van der Waals surface area (Å²) in [7, 11) is 0. The van der Waals surface area contributed by atoms with Gasteiger partial charge < -0.3 is 14.8 Å². The van der Waals surface area contributed by atoms with Gasteiger partial charge in [0.05, 0.1) is 18.9 Å². The molecular formula is C21H29N3O5. The maximum atomic E-state index is 12.7. The van der Waals surface area contributed by atoms with Gasteiger partial charge in [-0.05, 0) is 31.5 Å². The molecule has 8 nitrogen and oxygen atoms in total. The summed E-state index contributed by atoms with van der Waals surface area (Å²) in [4.78, 5) is 41.0. The van der Waals surface area contributed by atoms with E-state index in [1.165, 1.54) is 4.90 Å². The Morgan fingerprint density at radius 3 is 2.72 bits per heavy atom. The van der Waals surface area contributed by atoms with Crippen LogP contribution in [0.1, 0.15) is 37.0 Å². The smallest absolute Gasteiger partial charge is 0.268 e. The average molecular weight is 403 g/mol. The van der Waals surface area contributed by atoms with Crippen LogP contribution in [0.2, 0.25) is 0 Å². The molecule has 0 bridgehead atoms. The summed E-state index contributed by atoms with van der Waals surface area (Å²) in [5.74, 6) is -0.0135. The minimum atomic E-state index is -0.680. The van der Waals surface area contributed by atoms with Gasteiger partial charge in [0.2, 0.25) is 5.91 Å². The van der Waals surface area contributed by atoms with Crippen LogP contribution in [0.5, 0.6) is 5.75 Å². The Bertz CT molecular complexity index is 761. The van der Waals surface area contributed by atoms with E-state index in [1.54, 1.807) is 25.1 Å². The highest BCUT2D eigenvalue weighted by atomic mass is 16.5. The maximum Gasteiger partial charge on any atom is 0.268 e. The van der Waals surface area contributed by atoms with Crippen LogP contribution in [0, 0.1) is 0 Å². The number of hydrogen-bond donors (Lipinski definition) is 1. The molecule has 0 spiro atoms. The Morgan fingerprint density at radius 1 is 1.24 bits per heavy atom. The van der Waals surface area contributed by atoms with Gasteiger partial charge in [0.1, 0.15) is 12.3 Å². The van der Waals surface area contributed by atoms with Crippen molar-refractivity contribution in [1.29, 1.82) is 0 Å². The first kappa shape index (κ1) is 21.3. The van der Waals surface area contributed by atoms with Gasteiger partial charge in [-0.1, -0.05) is 6.92 Å². The van der Waals surface area contributed by atoms with Crippen molar-refractivity contribution in [1.82, 2.24) is 10.2 Å². The molecule has 1 aromatic rings. The third-order valence-corrected chi connectivity index (χ3v) is 5.12. The Kier molecular flexibility index (Phi) is 7.22. The standard InChI is InChI=1S/C21H29N3O5/c1-3-4-18(25)16-5-6-19-17(13-16)24(21(27)15(2)29-19)14-20(26)22-7-8-23-9-11-28-12-10-23/h5-6,13,15H,3-4,7-12,14H2,1-2H3,(H,22,26). The van der Waals surface area contributed by atoms with Gasteiger partial charge in [0.25, 0.3) is 5.91 Å². The minimum absolute atomic E-state index is 0.0104. The number of morpholine rings is 1. The van der Waals surface area contributed by atoms with Gasteiger partial charge >= 0.3 is 0 Å². The van der Waals surface area contributed by atoms with Crippen LogP contribution < -0.4 is 15.0 Å². The molecule has 0 radical (unpaired) electrons. The Morgan fingerprint density at radius 2 is 2.00 bits per heavy atom. The highest BCUT2D eigenvalue weighted by Crippen LogP contribution is 2.35. The number of benzene rings is 1. The topological polar surface area (TPSA) is 88.2 Å². The van der Waals surface area contributed by atoms with Gasteiger partial charge in [-0.2, -0.15) is 0 Å². The van der Waals surface area contributed by atoms with Crippen molar-refractivity contribution >= 4 is 23.3 Å².